The van der Waals surface area contributed by atoms with Crippen molar-refractivity contribution in [3.63, 3.8) is 0 Å². The molecule has 10 heteroatoms. The summed E-state index contributed by atoms with van der Waals surface area (Å²) < 4.78 is 29.6. The van der Waals surface area contributed by atoms with Crippen LogP contribution in [0.3, 0.4) is 0 Å². The molecule has 1 N–H and O–H groups in total. The lowest BCUT2D eigenvalue weighted by atomic mass is 9.84. The normalized spacial score (nSPS) is 18.5. The molecule has 1 amide bonds. The number of nitrogens with one attached hydrogen (secondary N) is 1. The first-order chi connectivity index (χ1) is 14.7. The lowest BCUT2D eigenvalue weighted by Crippen LogP contribution is -2.38. The molecule has 31 heavy (non-hydrogen) atoms. The zero-order valence-corrected chi connectivity index (χ0v) is 19.0. The van der Waals surface area contributed by atoms with E-state index in [1.54, 1.807) is 32.0 Å². The maximum atomic E-state index is 13.2. The van der Waals surface area contributed by atoms with Gasteiger partial charge in [0.2, 0.25) is 5.78 Å². The lowest BCUT2D eigenvalue weighted by molar-refractivity contribution is -0.141. The third-order valence-electron chi connectivity index (χ3n) is 5.47. The largest absolute Gasteiger partial charge is 0.349 e. The van der Waals surface area contributed by atoms with Crippen LogP contribution in [0.5, 0.6) is 0 Å². The zero-order valence-electron chi connectivity index (χ0n) is 17.4. The van der Waals surface area contributed by atoms with Crippen molar-refractivity contribution in [2.75, 3.05) is 12.3 Å². The van der Waals surface area contributed by atoms with Crippen LogP contribution in [0.25, 0.3) is 0 Å². The van der Waals surface area contributed by atoms with Crippen LogP contribution in [-0.4, -0.2) is 47.8 Å². The van der Waals surface area contributed by atoms with Crippen molar-refractivity contribution in [1.29, 1.82) is 0 Å². The second kappa shape index (κ2) is 9.78. The van der Waals surface area contributed by atoms with Gasteiger partial charge in [-0.3, -0.25) is 14.4 Å². The van der Waals surface area contributed by atoms with E-state index >= 15 is 0 Å². The number of Topliss-reactive ketones (excluding diaryl/α,β-unsaturated/α-hetero) is 2. The molecule has 1 aromatic heterocycles. The minimum Gasteiger partial charge on any atom is -0.349 e. The molecule has 0 fully saturated rings. The Bertz CT molecular complexity index is 1060. The van der Waals surface area contributed by atoms with E-state index in [0.717, 1.165) is 4.88 Å². The van der Waals surface area contributed by atoms with Gasteiger partial charge in [-0.05, 0) is 29.6 Å². The summed E-state index contributed by atoms with van der Waals surface area (Å²) in [5, 5.41) is 6.64. The number of amides is 1. The number of carbonyl (C=O) groups is 3. The zero-order chi connectivity index (χ0) is 22.6. The van der Waals surface area contributed by atoms with Crippen molar-refractivity contribution in [2.24, 2.45) is 17.8 Å². The maximum absolute atomic E-state index is 13.2. The van der Waals surface area contributed by atoms with Gasteiger partial charge in [-0.15, -0.1) is 5.10 Å². The van der Waals surface area contributed by atoms with Crippen molar-refractivity contribution in [1.82, 2.24) is 14.9 Å². The van der Waals surface area contributed by atoms with Gasteiger partial charge in [-0.1, -0.05) is 36.5 Å². The van der Waals surface area contributed by atoms with Crippen molar-refractivity contribution < 1.29 is 22.8 Å². The van der Waals surface area contributed by atoms with E-state index < -0.39 is 33.4 Å². The molecule has 0 saturated heterocycles. The number of nitrogens with zero attached hydrogens (tertiary/aromatic N) is 2. The molecule has 3 rings (SSSR count). The highest BCUT2D eigenvalue weighted by atomic mass is 32.2. The lowest BCUT2D eigenvalue weighted by Gasteiger charge is -2.22. The summed E-state index contributed by atoms with van der Waals surface area (Å²) in [6.07, 6.45) is 0.451. The molecule has 0 bridgehead atoms. The van der Waals surface area contributed by atoms with Crippen LogP contribution in [-0.2, 0) is 37.1 Å². The summed E-state index contributed by atoms with van der Waals surface area (Å²) in [5.41, 5.74) is 0.616. The van der Waals surface area contributed by atoms with E-state index in [0.29, 0.717) is 18.7 Å². The fourth-order valence-corrected chi connectivity index (χ4v) is 6.11. The van der Waals surface area contributed by atoms with Gasteiger partial charge in [0.1, 0.15) is 5.78 Å². The van der Waals surface area contributed by atoms with Crippen LogP contribution >= 0.6 is 11.5 Å². The monoisotopic (exact) mass is 463 g/mol. The average molecular weight is 464 g/mol. The Morgan fingerprint density at radius 2 is 1.94 bits per heavy atom. The summed E-state index contributed by atoms with van der Waals surface area (Å²) in [6, 6.07) is 7.99. The van der Waals surface area contributed by atoms with E-state index in [1.165, 1.54) is 23.7 Å². The number of benzene rings is 1. The van der Waals surface area contributed by atoms with Gasteiger partial charge in [0, 0.05) is 37.6 Å². The highest BCUT2D eigenvalue weighted by Gasteiger charge is 2.35. The predicted molar refractivity (Wildman–Crippen MR) is 115 cm³/mol. The van der Waals surface area contributed by atoms with Crippen LogP contribution in [0.2, 0.25) is 0 Å². The minimum absolute atomic E-state index is 0.139. The Balaban J connectivity index is 1.82. The summed E-state index contributed by atoms with van der Waals surface area (Å²) in [7, 11) is -3.68. The quantitative estimate of drug-likeness (QED) is 0.619. The highest BCUT2D eigenvalue weighted by molar-refractivity contribution is 7.91. The number of rotatable bonds is 7. The van der Waals surface area contributed by atoms with Crippen molar-refractivity contribution in [3.05, 3.63) is 40.9 Å². The molecular formula is C21H25N3O5S2. The summed E-state index contributed by atoms with van der Waals surface area (Å²) in [4.78, 5) is 39.1. The molecular weight excluding hydrogens is 438 g/mol. The van der Waals surface area contributed by atoms with E-state index in [1.807, 2.05) is 0 Å². The van der Waals surface area contributed by atoms with E-state index in [4.69, 9.17) is 0 Å². The molecule has 1 aliphatic rings. The number of hydrogen-bond donors (Lipinski definition) is 1. The molecule has 2 atom stereocenters. The molecule has 166 valence electrons. The summed E-state index contributed by atoms with van der Waals surface area (Å²) in [6.45, 7) is 3.86. The van der Waals surface area contributed by atoms with Crippen LogP contribution in [0.4, 0.5) is 0 Å². The smallest absolute Gasteiger partial charge is 0.287 e. The number of aromatic nitrogens is 2. The van der Waals surface area contributed by atoms with Crippen LogP contribution in [0.1, 0.15) is 30.8 Å². The second-order valence-corrected chi connectivity index (χ2v) is 10.9. The van der Waals surface area contributed by atoms with E-state index in [-0.39, 0.29) is 35.2 Å². The van der Waals surface area contributed by atoms with Crippen LogP contribution in [0.15, 0.2) is 35.2 Å². The molecule has 0 spiro atoms. The molecule has 2 heterocycles. The van der Waals surface area contributed by atoms with Gasteiger partial charge < -0.3 is 5.32 Å². The molecule has 2 aromatic rings. The first-order valence-electron chi connectivity index (χ1n) is 10.1. The Kier molecular flexibility index (Phi) is 7.32. The molecule has 1 aromatic carbocycles. The SMILES string of the molecule is CC(C)C(CS(=O)(=O)c1ccccc1)C(=O)CC1Cc2nnsc2CCNC(=O)C1=O. The van der Waals surface area contributed by atoms with Crippen molar-refractivity contribution in [3.8, 4) is 0 Å². The predicted octanol–water partition coefficient (Wildman–Crippen LogP) is 1.64. The number of carbonyl (C=O) groups excluding carboxylic acids is 3. The van der Waals surface area contributed by atoms with E-state index in [2.05, 4.69) is 14.9 Å². The van der Waals surface area contributed by atoms with Gasteiger partial charge in [-0.25, -0.2) is 8.42 Å². The number of sulfone groups is 1. The minimum atomic E-state index is -3.68. The number of fused-ring (bicyclic) bond motifs is 1. The third-order valence-corrected chi connectivity index (χ3v) is 8.09. The molecule has 0 radical (unpaired) electrons. The first kappa shape index (κ1) is 23.2. The molecule has 0 aliphatic carbocycles. The molecule has 1 aliphatic heterocycles. The van der Waals surface area contributed by atoms with Crippen molar-refractivity contribution >= 4 is 38.8 Å². The van der Waals surface area contributed by atoms with E-state index in [9.17, 15) is 22.8 Å². The fraction of sp³-hybridized carbons (Fsp3) is 0.476. The van der Waals surface area contributed by atoms with Gasteiger partial charge >= 0.3 is 0 Å². The Hall–Kier alpha value is -2.46. The van der Waals surface area contributed by atoms with Gasteiger partial charge in [0.05, 0.1) is 21.2 Å². The number of ketones is 2. The summed E-state index contributed by atoms with van der Waals surface area (Å²) in [5.74, 6) is -4.02. The van der Waals surface area contributed by atoms with Crippen LogP contribution in [0, 0.1) is 17.8 Å². The molecule has 8 nitrogen and oxygen atoms in total. The standard InChI is InChI=1S/C21H25N3O5S2/c1-13(2)16(12-31(28,29)15-6-4-3-5-7-15)18(25)11-14-10-17-19(30-24-23-17)8-9-22-21(27)20(14)26/h3-7,13-14,16H,8-12H2,1-2H3,(H,22,27). The van der Waals surface area contributed by atoms with Crippen LogP contribution < -0.4 is 5.32 Å². The highest BCUT2D eigenvalue weighted by Crippen LogP contribution is 2.26. The molecule has 2 unspecified atom stereocenters. The van der Waals surface area contributed by atoms with Gasteiger partial charge in [0.25, 0.3) is 5.91 Å². The van der Waals surface area contributed by atoms with Gasteiger partial charge in [-0.2, -0.15) is 0 Å². The Morgan fingerprint density at radius 1 is 1.23 bits per heavy atom. The third kappa shape index (κ3) is 5.62. The molecule has 0 saturated carbocycles. The van der Waals surface area contributed by atoms with Crippen molar-refractivity contribution in [2.45, 2.75) is 38.0 Å². The first-order valence-corrected chi connectivity index (χ1v) is 12.5. The van der Waals surface area contributed by atoms with Gasteiger partial charge in [0.15, 0.2) is 9.84 Å². The average Bonchev–Trinajstić information content (AvgIpc) is 3.18. The topological polar surface area (TPSA) is 123 Å². The Morgan fingerprint density at radius 3 is 2.61 bits per heavy atom. The second-order valence-electron chi connectivity index (χ2n) is 8.03. The maximum Gasteiger partial charge on any atom is 0.287 e. The number of hydrogen-bond acceptors (Lipinski definition) is 8. The fourth-order valence-electron chi connectivity index (χ4n) is 3.64. The Labute approximate surface area is 185 Å². The summed E-state index contributed by atoms with van der Waals surface area (Å²) >= 11 is 1.21.